The van der Waals surface area contributed by atoms with E-state index in [0.717, 1.165) is 24.0 Å². The summed E-state index contributed by atoms with van der Waals surface area (Å²) in [4.78, 5) is 24.9. The zero-order valence-electron chi connectivity index (χ0n) is 16.5. The lowest BCUT2D eigenvalue weighted by Gasteiger charge is -2.18. The molecular weight excluding hydrogens is 358 g/mol. The normalized spacial score (nSPS) is 13.8. The molecule has 0 unspecified atom stereocenters. The van der Waals surface area contributed by atoms with E-state index < -0.39 is 5.97 Å². The van der Waals surface area contributed by atoms with Crippen molar-refractivity contribution in [2.45, 2.75) is 52.9 Å². The number of rotatable bonds is 4. The van der Waals surface area contributed by atoms with Crippen LogP contribution in [0.5, 0.6) is 0 Å². The monoisotopic (exact) mass is 385 g/mol. The number of aryl methyl sites for hydroxylation is 2. The van der Waals surface area contributed by atoms with Crippen molar-refractivity contribution in [1.29, 1.82) is 0 Å². The first-order chi connectivity index (χ1) is 12.8. The van der Waals surface area contributed by atoms with E-state index in [1.165, 1.54) is 42.4 Å². The molecule has 5 heteroatoms. The number of carbonyl (C=O) groups is 2. The minimum Gasteiger partial charge on any atom is -0.465 e. The number of thiophene rings is 1. The van der Waals surface area contributed by atoms with Crippen LogP contribution in [0.4, 0.5) is 5.00 Å². The quantitative estimate of drug-likeness (QED) is 0.712. The summed E-state index contributed by atoms with van der Waals surface area (Å²) in [7, 11) is 1.37. The molecule has 0 fully saturated rings. The maximum absolute atomic E-state index is 12.5. The second kappa shape index (κ2) is 7.85. The van der Waals surface area contributed by atoms with Gasteiger partial charge in [-0.25, -0.2) is 4.79 Å². The van der Waals surface area contributed by atoms with Gasteiger partial charge in [-0.15, -0.1) is 11.3 Å². The predicted octanol–water partition coefficient (Wildman–Crippen LogP) is 5.46. The molecular formula is C22H27NO3S. The van der Waals surface area contributed by atoms with Crippen molar-refractivity contribution in [1.82, 2.24) is 0 Å². The van der Waals surface area contributed by atoms with E-state index in [0.29, 0.717) is 17.0 Å². The van der Waals surface area contributed by atoms with Gasteiger partial charge in [0, 0.05) is 17.4 Å². The van der Waals surface area contributed by atoms with Crippen molar-refractivity contribution in [3.8, 4) is 11.1 Å². The molecule has 0 saturated heterocycles. The average Bonchev–Trinajstić information content (AvgIpc) is 3.02. The first-order valence-corrected chi connectivity index (χ1v) is 10.3. The molecule has 144 valence electrons. The lowest BCUT2D eigenvalue weighted by atomic mass is 9.89. The number of hydrogen-bond donors (Lipinski definition) is 1. The molecule has 27 heavy (non-hydrogen) atoms. The van der Waals surface area contributed by atoms with Gasteiger partial charge in [0.25, 0.3) is 0 Å². The highest BCUT2D eigenvalue weighted by Gasteiger charge is 2.24. The van der Waals surface area contributed by atoms with E-state index in [4.69, 9.17) is 4.74 Å². The van der Waals surface area contributed by atoms with Gasteiger partial charge in [-0.2, -0.15) is 0 Å². The van der Waals surface area contributed by atoms with Gasteiger partial charge in [0.05, 0.1) is 7.11 Å². The number of nitrogens with one attached hydrogen (secondary N) is 1. The minimum atomic E-state index is -0.421. The zero-order valence-corrected chi connectivity index (χ0v) is 17.3. The lowest BCUT2D eigenvalue weighted by Crippen LogP contribution is -2.20. The first kappa shape index (κ1) is 19.6. The number of esters is 1. The Hall–Kier alpha value is -2.14. The predicted molar refractivity (Wildman–Crippen MR) is 110 cm³/mol. The summed E-state index contributed by atoms with van der Waals surface area (Å²) in [6, 6.07) is 6.42. The first-order valence-electron chi connectivity index (χ1n) is 9.40. The fourth-order valence-electron chi connectivity index (χ4n) is 3.52. The average molecular weight is 386 g/mol. The third-order valence-corrected chi connectivity index (χ3v) is 5.68. The Bertz CT molecular complexity index is 861. The van der Waals surface area contributed by atoms with Crippen molar-refractivity contribution >= 4 is 28.2 Å². The van der Waals surface area contributed by atoms with Crippen molar-refractivity contribution in [3.63, 3.8) is 0 Å². The van der Waals surface area contributed by atoms with Crippen LogP contribution >= 0.6 is 11.3 Å². The van der Waals surface area contributed by atoms with Crippen LogP contribution in [0.15, 0.2) is 23.6 Å². The molecule has 1 aromatic heterocycles. The van der Waals surface area contributed by atoms with Gasteiger partial charge in [-0.05, 0) is 47.8 Å². The molecule has 1 aliphatic rings. The number of hydrogen-bond acceptors (Lipinski definition) is 4. The molecule has 1 aromatic carbocycles. The Balaban J connectivity index is 1.95. The highest BCUT2D eigenvalue weighted by molar-refractivity contribution is 7.15. The second-order valence-electron chi connectivity index (χ2n) is 8.32. The van der Waals surface area contributed by atoms with Crippen LogP contribution in [0.3, 0.4) is 0 Å². The van der Waals surface area contributed by atoms with Gasteiger partial charge in [-0.3, -0.25) is 4.79 Å². The standard InChI is InChI=1S/C22H27NO3S/c1-22(2,3)12-18(24)23-20-19(21(25)26-4)17(13-27-20)16-10-9-14-7-5-6-8-15(14)11-16/h9-11,13H,5-8,12H2,1-4H3,(H,23,24). The van der Waals surface area contributed by atoms with Crippen molar-refractivity contribution < 1.29 is 14.3 Å². The molecule has 0 bridgehead atoms. The summed E-state index contributed by atoms with van der Waals surface area (Å²) >= 11 is 1.37. The summed E-state index contributed by atoms with van der Waals surface area (Å²) in [5.74, 6) is -0.512. The van der Waals surface area contributed by atoms with Gasteiger partial charge in [-0.1, -0.05) is 39.0 Å². The van der Waals surface area contributed by atoms with Crippen molar-refractivity contribution in [2.75, 3.05) is 12.4 Å². The molecule has 1 N–H and O–H groups in total. The summed E-state index contributed by atoms with van der Waals surface area (Å²) in [6.45, 7) is 6.04. The third-order valence-electron chi connectivity index (χ3n) is 4.78. The lowest BCUT2D eigenvalue weighted by molar-refractivity contribution is -0.117. The Morgan fingerprint density at radius 3 is 2.52 bits per heavy atom. The number of benzene rings is 1. The van der Waals surface area contributed by atoms with E-state index in [2.05, 4.69) is 23.5 Å². The molecule has 1 aliphatic carbocycles. The highest BCUT2D eigenvalue weighted by atomic mass is 32.1. The molecule has 0 spiro atoms. The van der Waals surface area contributed by atoms with Crippen molar-refractivity contribution in [2.24, 2.45) is 5.41 Å². The van der Waals surface area contributed by atoms with Crippen LogP contribution in [0.1, 0.15) is 61.5 Å². The largest absolute Gasteiger partial charge is 0.465 e. The maximum Gasteiger partial charge on any atom is 0.341 e. The van der Waals surface area contributed by atoms with E-state index in [-0.39, 0.29) is 11.3 Å². The van der Waals surface area contributed by atoms with Crippen LogP contribution < -0.4 is 5.32 Å². The zero-order chi connectivity index (χ0) is 19.6. The van der Waals surface area contributed by atoms with Crippen LogP contribution in [-0.4, -0.2) is 19.0 Å². The topological polar surface area (TPSA) is 55.4 Å². The van der Waals surface area contributed by atoms with E-state index in [1.807, 2.05) is 26.2 Å². The van der Waals surface area contributed by atoms with Gasteiger partial charge in [0.2, 0.25) is 5.91 Å². The molecule has 1 amide bonds. The summed E-state index contributed by atoms with van der Waals surface area (Å²) in [5, 5.41) is 5.41. The van der Waals surface area contributed by atoms with E-state index >= 15 is 0 Å². The third kappa shape index (κ3) is 4.59. The van der Waals surface area contributed by atoms with Crippen LogP contribution in [0, 0.1) is 5.41 Å². The molecule has 1 heterocycles. The van der Waals surface area contributed by atoms with Gasteiger partial charge in [0.1, 0.15) is 10.6 Å². The number of methoxy groups -OCH3 is 1. The number of amides is 1. The highest BCUT2D eigenvalue weighted by Crippen LogP contribution is 2.38. The molecule has 0 atom stereocenters. The Labute approximate surface area is 164 Å². The fourth-order valence-corrected chi connectivity index (χ4v) is 4.49. The Morgan fingerprint density at radius 1 is 1.15 bits per heavy atom. The smallest absolute Gasteiger partial charge is 0.341 e. The summed E-state index contributed by atoms with van der Waals surface area (Å²) in [6.07, 6.45) is 5.03. The second-order valence-corrected chi connectivity index (χ2v) is 9.20. The van der Waals surface area contributed by atoms with Crippen molar-refractivity contribution in [3.05, 3.63) is 40.3 Å². The van der Waals surface area contributed by atoms with Gasteiger partial charge >= 0.3 is 5.97 Å². The molecule has 0 aliphatic heterocycles. The van der Waals surface area contributed by atoms with E-state index in [1.54, 1.807) is 0 Å². The fraction of sp³-hybridized carbons (Fsp3) is 0.455. The number of ether oxygens (including phenoxy) is 1. The van der Waals surface area contributed by atoms with Gasteiger partial charge in [0.15, 0.2) is 0 Å². The SMILES string of the molecule is COC(=O)c1c(-c2ccc3c(c2)CCCC3)csc1NC(=O)CC(C)(C)C. The van der Waals surface area contributed by atoms with Crippen LogP contribution in [-0.2, 0) is 22.4 Å². The molecule has 3 rings (SSSR count). The molecule has 2 aromatic rings. The molecule has 0 saturated carbocycles. The number of anilines is 1. The Morgan fingerprint density at radius 2 is 1.85 bits per heavy atom. The van der Waals surface area contributed by atoms with Gasteiger partial charge < -0.3 is 10.1 Å². The van der Waals surface area contributed by atoms with Crippen LogP contribution in [0.25, 0.3) is 11.1 Å². The van der Waals surface area contributed by atoms with Crippen LogP contribution in [0.2, 0.25) is 0 Å². The molecule has 0 radical (unpaired) electrons. The van der Waals surface area contributed by atoms with E-state index in [9.17, 15) is 9.59 Å². The summed E-state index contributed by atoms with van der Waals surface area (Å²) in [5.41, 5.74) is 4.92. The number of carbonyl (C=O) groups excluding carboxylic acids is 2. The summed E-state index contributed by atoms with van der Waals surface area (Å²) < 4.78 is 5.01. The molecule has 4 nitrogen and oxygen atoms in total. The minimum absolute atomic E-state index is 0.0912. The Kier molecular flexibility index (Phi) is 5.70. The maximum atomic E-state index is 12.5. The number of fused-ring (bicyclic) bond motifs is 1.